The highest BCUT2D eigenvalue weighted by Crippen LogP contribution is 2.75. The molecular formula is C41H56O11. The number of carboxylic acid groups (broad SMARTS) is 1. The normalized spacial score (nSPS) is 41.0. The number of rotatable bonds is 9. The maximum Gasteiger partial charge on any atom is 0.519 e. The van der Waals surface area contributed by atoms with E-state index in [0.29, 0.717) is 38.5 Å². The molecule has 11 heteroatoms. The van der Waals surface area contributed by atoms with E-state index in [1.807, 2.05) is 19.9 Å². The molecule has 4 saturated carbocycles. The molecule has 0 bridgehead atoms. The topological polar surface area (TPSA) is 167 Å². The van der Waals surface area contributed by atoms with E-state index in [4.69, 9.17) is 18.3 Å². The van der Waals surface area contributed by atoms with Gasteiger partial charge in [0.2, 0.25) is 0 Å². The molecule has 5 aliphatic carbocycles. The highest BCUT2D eigenvalue weighted by Gasteiger charge is 2.71. The van der Waals surface area contributed by atoms with E-state index in [1.165, 1.54) is 6.92 Å². The molecule has 1 N–H and O–H groups in total. The highest BCUT2D eigenvalue weighted by atomic mass is 16.6. The first kappa shape index (κ1) is 38.2. The summed E-state index contributed by atoms with van der Waals surface area (Å²) < 4.78 is 21.7. The molecule has 0 radical (unpaired) electrons. The maximum absolute atomic E-state index is 14.9. The van der Waals surface area contributed by atoms with Gasteiger partial charge < -0.3 is 28.2 Å². The molecule has 0 unspecified atom stereocenters. The van der Waals surface area contributed by atoms with Gasteiger partial charge in [0.05, 0.1) is 18.3 Å². The molecule has 10 atom stereocenters. The number of aryl methyl sites for hydroxylation is 1. The molecule has 286 valence electrons. The molecule has 1 aromatic heterocycles. The van der Waals surface area contributed by atoms with Crippen molar-refractivity contribution in [3.8, 4) is 0 Å². The second-order valence-corrected chi connectivity index (χ2v) is 18.6. The van der Waals surface area contributed by atoms with Crippen LogP contribution in [0.3, 0.4) is 0 Å². The summed E-state index contributed by atoms with van der Waals surface area (Å²) in [5.74, 6) is -2.98. The summed E-state index contributed by atoms with van der Waals surface area (Å²) in [5, 5.41) is 10.2. The van der Waals surface area contributed by atoms with Crippen LogP contribution in [0.5, 0.6) is 0 Å². The lowest BCUT2D eigenvalue weighted by molar-refractivity contribution is -0.218. The van der Waals surface area contributed by atoms with Crippen molar-refractivity contribution in [1.29, 1.82) is 0 Å². The third-order valence-electron chi connectivity index (χ3n) is 15.5. The van der Waals surface area contributed by atoms with Crippen LogP contribution >= 0.6 is 0 Å². The fourth-order valence-corrected chi connectivity index (χ4v) is 12.1. The molecule has 4 fully saturated rings. The Morgan fingerprint density at radius 1 is 0.885 bits per heavy atom. The molecule has 11 nitrogen and oxygen atoms in total. The van der Waals surface area contributed by atoms with Crippen molar-refractivity contribution in [3.05, 3.63) is 33.8 Å². The molecule has 52 heavy (non-hydrogen) atoms. The molecule has 0 saturated heterocycles. The summed E-state index contributed by atoms with van der Waals surface area (Å²) in [7, 11) is 0. The predicted molar refractivity (Wildman–Crippen MR) is 188 cm³/mol. The lowest BCUT2D eigenvalue weighted by atomic mass is 9.33. The number of Topliss-reactive ketones (excluding diaryl/α,β-unsaturated/α-hetero) is 1. The smallest absolute Gasteiger partial charge is 0.481 e. The van der Waals surface area contributed by atoms with Gasteiger partial charge in [-0.3, -0.25) is 19.2 Å². The van der Waals surface area contributed by atoms with Gasteiger partial charge in [0.25, 0.3) is 0 Å². The minimum atomic E-state index is -0.910. The molecule has 5 aliphatic rings. The lowest BCUT2D eigenvalue weighted by Crippen LogP contribution is -2.67. The van der Waals surface area contributed by atoms with E-state index in [9.17, 15) is 33.9 Å². The van der Waals surface area contributed by atoms with Gasteiger partial charge in [0, 0.05) is 17.8 Å². The van der Waals surface area contributed by atoms with E-state index >= 15 is 0 Å². The van der Waals surface area contributed by atoms with Crippen LogP contribution in [0.15, 0.2) is 25.3 Å². The van der Waals surface area contributed by atoms with Crippen molar-refractivity contribution in [2.75, 3.05) is 0 Å². The van der Waals surface area contributed by atoms with Crippen LogP contribution in [-0.2, 0) is 40.1 Å². The SMILES string of the molecule is CC(=O)CCC(=O)O[C@H]1CC[C@@]2(C)[C@@H](CC[C@]3(C)[C@@H]2C(=O)C=C2[C@@H]4C[C@@](C)(C(=O)O)CC[C@]4(C)CC[C@]23C)[C@]1(C)CC(=O)OCc1oc(=O)oc1C. The molecule has 0 spiro atoms. The quantitative estimate of drug-likeness (QED) is 0.254. The number of hydrogen-bond acceptors (Lipinski definition) is 10. The first-order valence-corrected chi connectivity index (χ1v) is 19.1. The average Bonchev–Trinajstić information content (AvgIpc) is 3.38. The maximum atomic E-state index is 14.9. The Labute approximate surface area is 305 Å². The second kappa shape index (κ2) is 12.8. The van der Waals surface area contributed by atoms with Crippen LogP contribution in [0.1, 0.15) is 137 Å². The van der Waals surface area contributed by atoms with E-state index < -0.39 is 51.5 Å². The summed E-state index contributed by atoms with van der Waals surface area (Å²) in [4.78, 5) is 77.4. The predicted octanol–water partition coefficient (Wildman–Crippen LogP) is 7.30. The van der Waals surface area contributed by atoms with Crippen LogP contribution in [0.2, 0.25) is 0 Å². The van der Waals surface area contributed by atoms with Gasteiger partial charge in [-0.05, 0) is 118 Å². The summed E-state index contributed by atoms with van der Waals surface area (Å²) in [6.07, 6.45) is 7.46. The molecule has 6 rings (SSSR count). The Morgan fingerprint density at radius 3 is 2.21 bits per heavy atom. The van der Waals surface area contributed by atoms with Crippen molar-refractivity contribution in [3.63, 3.8) is 0 Å². The molecule has 0 aliphatic heterocycles. The Bertz CT molecular complexity index is 1770. The van der Waals surface area contributed by atoms with Crippen molar-refractivity contribution in [1.82, 2.24) is 0 Å². The van der Waals surface area contributed by atoms with Gasteiger partial charge in [-0.25, -0.2) is 4.79 Å². The number of ketones is 2. The summed E-state index contributed by atoms with van der Waals surface area (Å²) in [6, 6.07) is 0. The first-order chi connectivity index (χ1) is 24.1. The summed E-state index contributed by atoms with van der Waals surface area (Å²) >= 11 is 0. The van der Waals surface area contributed by atoms with Gasteiger partial charge in [0.1, 0.15) is 11.9 Å². The fraction of sp³-hybridized carbons (Fsp3) is 0.756. The van der Waals surface area contributed by atoms with E-state index in [2.05, 4.69) is 27.7 Å². The molecule has 1 aromatic rings. The van der Waals surface area contributed by atoms with Crippen molar-refractivity contribution >= 4 is 29.5 Å². The second-order valence-electron chi connectivity index (χ2n) is 18.6. The monoisotopic (exact) mass is 724 g/mol. The van der Waals surface area contributed by atoms with Crippen molar-refractivity contribution in [2.24, 2.45) is 50.2 Å². The molecule has 1 heterocycles. The highest BCUT2D eigenvalue weighted by molar-refractivity contribution is 5.96. The number of fused-ring (bicyclic) bond motifs is 7. The standard InChI is InChI=1S/C41H56O11/c1-23(42)9-10-31(44)52-30-12-13-38(5)29(39(30,6)21-32(45)49-22-28-24(2)50-35(48)51-28)11-14-41(8)33(38)27(43)19-25-26-20-37(4,34(46)47)16-15-36(26,3)17-18-40(25,41)7/h19,26,29-30,33H,9-18,20-22H2,1-8H3,(H,46,47)/t26-,29+,30-,33+,36+,37-,38-,39-,40+,41+/m0/s1. The summed E-state index contributed by atoms with van der Waals surface area (Å²) in [6.45, 7) is 15.5. The Morgan fingerprint density at radius 2 is 1.58 bits per heavy atom. The zero-order valence-electron chi connectivity index (χ0n) is 32.1. The lowest BCUT2D eigenvalue weighted by Gasteiger charge is -2.70. The van der Waals surface area contributed by atoms with Crippen molar-refractivity contribution < 1.29 is 47.4 Å². The van der Waals surface area contributed by atoms with E-state index in [1.54, 1.807) is 6.92 Å². The van der Waals surface area contributed by atoms with E-state index in [-0.39, 0.29) is 77.5 Å². The van der Waals surface area contributed by atoms with Crippen LogP contribution in [-0.4, -0.2) is 40.7 Å². The van der Waals surface area contributed by atoms with Gasteiger partial charge in [-0.1, -0.05) is 40.2 Å². The number of allylic oxidation sites excluding steroid dienone is 2. The van der Waals surface area contributed by atoms with Crippen LogP contribution in [0.25, 0.3) is 0 Å². The van der Waals surface area contributed by atoms with Gasteiger partial charge in [0.15, 0.2) is 23.9 Å². The third kappa shape index (κ3) is 5.92. The number of aliphatic carboxylic acids is 1. The van der Waals surface area contributed by atoms with Gasteiger partial charge in [-0.2, -0.15) is 0 Å². The number of esters is 2. The van der Waals surface area contributed by atoms with E-state index in [0.717, 1.165) is 24.8 Å². The van der Waals surface area contributed by atoms with Crippen LogP contribution < -0.4 is 5.82 Å². The number of carbonyl (C=O) groups excluding carboxylic acids is 4. The molecular weight excluding hydrogens is 668 g/mol. The van der Waals surface area contributed by atoms with Crippen LogP contribution in [0, 0.1) is 57.2 Å². The zero-order chi connectivity index (χ0) is 38.2. The summed E-state index contributed by atoms with van der Waals surface area (Å²) in [5.41, 5.74) is -1.98. The van der Waals surface area contributed by atoms with Crippen LogP contribution in [0.4, 0.5) is 0 Å². The Balaban J connectivity index is 1.35. The number of carboxylic acids is 1. The van der Waals surface area contributed by atoms with Gasteiger partial charge >= 0.3 is 23.7 Å². The fourth-order valence-electron chi connectivity index (χ4n) is 12.1. The Kier molecular flexibility index (Phi) is 9.43. The average molecular weight is 725 g/mol. The largest absolute Gasteiger partial charge is 0.519 e. The molecule has 0 amide bonds. The molecule has 0 aromatic carbocycles. The van der Waals surface area contributed by atoms with Gasteiger partial charge in [-0.15, -0.1) is 0 Å². The number of carbonyl (C=O) groups is 5. The minimum absolute atomic E-state index is 0.00170. The number of ether oxygens (including phenoxy) is 2. The van der Waals surface area contributed by atoms with Crippen molar-refractivity contribution in [2.45, 2.75) is 145 Å². The minimum Gasteiger partial charge on any atom is -0.481 e. The number of hydrogen-bond donors (Lipinski definition) is 1. The first-order valence-electron chi connectivity index (χ1n) is 19.1. The Hall–Kier alpha value is -3.50. The third-order valence-corrected chi connectivity index (χ3v) is 15.5. The zero-order valence-corrected chi connectivity index (χ0v) is 32.1.